The van der Waals surface area contributed by atoms with Crippen LogP contribution in [0.2, 0.25) is 0 Å². The van der Waals surface area contributed by atoms with Gasteiger partial charge < -0.3 is 10.2 Å². The van der Waals surface area contributed by atoms with E-state index in [0.29, 0.717) is 13.2 Å². The van der Waals surface area contributed by atoms with E-state index in [1.165, 1.54) is 51.4 Å². The minimum Gasteiger partial charge on any atom is -0.356 e. The Morgan fingerprint density at radius 2 is 0.971 bits per heavy atom. The third-order valence-corrected chi connectivity index (χ3v) is 6.36. The summed E-state index contributed by atoms with van der Waals surface area (Å²) in [4.78, 5) is 9.51. The van der Waals surface area contributed by atoms with Crippen molar-refractivity contribution in [3.63, 3.8) is 0 Å². The molecule has 6 heteroatoms. The number of nitrogens with one attached hydrogen (secondary N) is 1. The van der Waals surface area contributed by atoms with Crippen molar-refractivity contribution in [1.29, 1.82) is 0 Å². The highest BCUT2D eigenvalue weighted by Crippen LogP contribution is 2.43. The Labute approximate surface area is 207 Å². The highest BCUT2D eigenvalue weighted by atomic mass is 31.2. The topological polar surface area (TPSA) is 67.8 Å². The maximum Gasteiger partial charge on any atom is 0.472 e. The first-order valence-electron chi connectivity index (χ1n) is 13.1. The van der Waals surface area contributed by atoms with Gasteiger partial charge in [-0.2, -0.15) is 0 Å². The van der Waals surface area contributed by atoms with Gasteiger partial charge in [-0.05, 0) is 37.1 Å². The third kappa shape index (κ3) is 17.8. The number of hydrogen-bond acceptors (Lipinski definition) is 4. The minimum atomic E-state index is -3.82. The molecule has 2 N–H and O–H groups in total. The Hall–Kier alpha value is -1.65. The summed E-state index contributed by atoms with van der Waals surface area (Å²) in [5.41, 5.74) is 2.24. The van der Waals surface area contributed by atoms with E-state index in [2.05, 4.69) is 19.2 Å². The lowest BCUT2D eigenvalue weighted by molar-refractivity contribution is 0.145. The first-order chi connectivity index (χ1) is 16.6. The summed E-state index contributed by atoms with van der Waals surface area (Å²) in [6.45, 7) is 5.01. The zero-order valence-corrected chi connectivity index (χ0v) is 22.2. The van der Waals surface area contributed by atoms with Crippen LogP contribution in [0.4, 0.5) is 11.4 Å². The van der Waals surface area contributed by atoms with Crippen molar-refractivity contribution in [2.75, 3.05) is 18.5 Å². The molecular weight excluding hydrogens is 445 g/mol. The Morgan fingerprint density at radius 1 is 0.618 bits per heavy atom. The SMILES string of the molecule is CCCCCCCCOP(=O)(O)OCCCCCCCC.c1ccc(Nc2ccccc2)cc1. The molecule has 34 heavy (non-hydrogen) atoms. The van der Waals surface area contributed by atoms with Crippen molar-refractivity contribution in [2.45, 2.75) is 90.9 Å². The van der Waals surface area contributed by atoms with E-state index in [0.717, 1.165) is 37.1 Å². The smallest absolute Gasteiger partial charge is 0.356 e. The van der Waals surface area contributed by atoms with E-state index in [9.17, 15) is 9.46 Å². The second-order valence-electron chi connectivity index (χ2n) is 8.53. The fraction of sp³-hybridized carbons (Fsp3) is 0.571. The second-order valence-corrected chi connectivity index (χ2v) is 9.98. The van der Waals surface area contributed by atoms with Gasteiger partial charge in [0.15, 0.2) is 0 Å². The second kappa shape index (κ2) is 20.7. The van der Waals surface area contributed by atoms with Crippen LogP contribution in [0.5, 0.6) is 0 Å². The van der Waals surface area contributed by atoms with Crippen LogP contribution in [0, 0.1) is 0 Å². The molecule has 0 saturated heterocycles. The zero-order chi connectivity index (χ0) is 24.7. The summed E-state index contributed by atoms with van der Waals surface area (Å²) in [7, 11) is -3.82. The van der Waals surface area contributed by atoms with Crippen molar-refractivity contribution in [3.05, 3.63) is 60.7 Å². The molecule has 0 fully saturated rings. The molecule has 5 nitrogen and oxygen atoms in total. The van der Waals surface area contributed by atoms with Crippen molar-refractivity contribution < 1.29 is 18.5 Å². The fourth-order valence-corrected chi connectivity index (χ4v) is 4.17. The average Bonchev–Trinajstić information content (AvgIpc) is 2.84. The highest BCUT2D eigenvalue weighted by molar-refractivity contribution is 7.47. The van der Waals surface area contributed by atoms with Gasteiger partial charge in [0, 0.05) is 11.4 Å². The Balaban J connectivity index is 0.000000375. The van der Waals surface area contributed by atoms with E-state index in [1.807, 2.05) is 60.7 Å². The van der Waals surface area contributed by atoms with E-state index >= 15 is 0 Å². The lowest BCUT2D eigenvalue weighted by atomic mass is 10.1. The number of hydrogen-bond donors (Lipinski definition) is 2. The Bertz CT molecular complexity index is 683. The van der Waals surface area contributed by atoms with Crippen LogP contribution >= 0.6 is 7.82 Å². The van der Waals surface area contributed by atoms with Gasteiger partial charge in [-0.3, -0.25) is 9.05 Å². The van der Waals surface area contributed by atoms with Crippen LogP contribution in [0.1, 0.15) is 90.9 Å². The van der Waals surface area contributed by atoms with Crippen LogP contribution in [0.3, 0.4) is 0 Å². The van der Waals surface area contributed by atoms with Crippen LogP contribution < -0.4 is 5.32 Å². The molecule has 192 valence electrons. The van der Waals surface area contributed by atoms with E-state index in [-0.39, 0.29) is 0 Å². The number of phosphoric ester groups is 1. The lowest BCUT2D eigenvalue weighted by Crippen LogP contribution is -1.99. The number of para-hydroxylation sites is 2. The molecule has 2 rings (SSSR count). The molecule has 0 aromatic heterocycles. The monoisotopic (exact) mass is 491 g/mol. The van der Waals surface area contributed by atoms with E-state index in [1.54, 1.807) is 0 Å². The fourth-order valence-electron chi connectivity index (χ4n) is 3.37. The molecule has 0 aliphatic carbocycles. The third-order valence-electron chi connectivity index (χ3n) is 5.34. The summed E-state index contributed by atoms with van der Waals surface area (Å²) >= 11 is 0. The van der Waals surface area contributed by atoms with Crippen LogP contribution in [0.15, 0.2) is 60.7 Å². The average molecular weight is 492 g/mol. The van der Waals surface area contributed by atoms with E-state index in [4.69, 9.17) is 9.05 Å². The molecule has 2 aromatic rings. The normalized spacial score (nSPS) is 11.0. The van der Waals surface area contributed by atoms with Gasteiger partial charge in [-0.25, -0.2) is 4.57 Å². The van der Waals surface area contributed by atoms with Crippen molar-refractivity contribution in [2.24, 2.45) is 0 Å². The molecule has 0 spiro atoms. The molecule has 0 heterocycles. The number of phosphoric acid groups is 1. The zero-order valence-electron chi connectivity index (χ0n) is 21.3. The van der Waals surface area contributed by atoms with Gasteiger partial charge >= 0.3 is 7.82 Å². The number of unbranched alkanes of at least 4 members (excludes halogenated alkanes) is 10. The van der Waals surface area contributed by atoms with Gasteiger partial charge in [0.1, 0.15) is 0 Å². The summed E-state index contributed by atoms with van der Waals surface area (Å²) in [6.07, 6.45) is 13.6. The molecule has 0 bridgehead atoms. The largest absolute Gasteiger partial charge is 0.472 e. The van der Waals surface area contributed by atoms with Gasteiger partial charge in [-0.15, -0.1) is 0 Å². The predicted molar refractivity (Wildman–Crippen MR) is 145 cm³/mol. The molecule has 0 unspecified atom stereocenters. The summed E-state index contributed by atoms with van der Waals surface area (Å²) in [5.74, 6) is 0. The predicted octanol–water partition coefficient (Wildman–Crippen LogP) is 9.27. The summed E-state index contributed by atoms with van der Waals surface area (Å²) < 4.78 is 21.5. The molecule has 0 radical (unpaired) electrons. The summed E-state index contributed by atoms with van der Waals surface area (Å²) in [6, 6.07) is 20.3. The molecule has 2 aromatic carbocycles. The molecule has 0 aliphatic rings. The Morgan fingerprint density at radius 3 is 1.35 bits per heavy atom. The number of rotatable bonds is 18. The first-order valence-corrected chi connectivity index (χ1v) is 14.6. The molecule has 0 aliphatic heterocycles. The van der Waals surface area contributed by atoms with Crippen molar-refractivity contribution in [1.82, 2.24) is 0 Å². The van der Waals surface area contributed by atoms with Gasteiger partial charge in [0.05, 0.1) is 13.2 Å². The molecule has 0 atom stereocenters. The molecule has 0 saturated carbocycles. The van der Waals surface area contributed by atoms with Crippen LogP contribution in [-0.2, 0) is 13.6 Å². The molecular formula is C28H46NO4P. The van der Waals surface area contributed by atoms with Gasteiger partial charge in [0.25, 0.3) is 0 Å². The number of benzene rings is 2. The summed E-state index contributed by atoms with van der Waals surface area (Å²) in [5, 5.41) is 3.30. The van der Waals surface area contributed by atoms with Crippen LogP contribution in [-0.4, -0.2) is 18.1 Å². The maximum atomic E-state index is 11.6. The quantitative estimate of drug-likeness (QED) is 0.161. The number of anilines is 2. The van der Waals surface area contributed by atoms with E-state index < -0.39 is 7.82 Å². The molecule has 0 amide bonds. The maximum absolute atomic E-state index is 11.6. The van der Waals surface area contributed by atoms with Gasteiger partial charge in [-0.1, -0.05) is 114 Å². The lowest BCUT2D eigenvalue weighted by Gasteiger charge is -2.12. The standard InChI is InChI=1S/C16H35O4P.C12H11N/c1-3-5-7-9-11-13-15-19-21(17,18)20-16-14-12-10-8-6-4-2;1-3-7-11(8-4-1)13-12-9-5-2-6-10-12/h3-16H2,1-2H3,(H,17,18);1-10,13H. The minimum absolute atomic E-state index is 0.316. The van der Waals surface area contributed by atoms with Crippen molar-refractivity contribution in [3.8, 4) is 0 Å². The van der Waals surface area contributed by atoms with Gasteiger partial charge in [0.2, 0.25) is 0 Å². The highest BCUT2D eigenvalue weighted by Gasteiger charge is 2.19. The van der Waals surface area contributed by atoms with Crippen molar-refractivity contribution >= 4 is 19.2 Å². The first kappa shape index (κ1) is 30.4. The Kier molecular flexibility index (Phi) is 18.5. The van der Waals surface area contributed by atoms with Crippen LogP contribution in [0.25, 0.3) is 0 Å².